The van der Waals surface area contributed by atoms with Gasteiger partial charge in [0.1, 0.15) is 0 Å². The molecule has 1 N–H and O–H groups in total. The van der Waals surface area contributed by atoms with E-state index in [9.17, 15) is 4.79 Å². The van der Waals surface area contributed by atoms with E-state index in [-0.39, 0.29) is 5.91 Å². The van der Waals surface area contributed by atoms with Gasteiger partial charge in [-0.3, -0.25) is 4.79 Å². The Labute approximate surface area is 124 Å². The second-order valence-corrected chi connectivity index (χ2v) is 6.12. The molecule has 1 amide bonds. The van der Waals surface area contributed by atoms with Crippen molar-refractivity contribution in [3.05, 3.63) is 44.6 Å². The van der Waals surface area contributed by atoms with Gasteiger partial charge in [0.05, 0.1) is 4.88 Å². The molecule has 0 radical (unpaired) electrons. The van der Waals surface area contributed by atoms with Crippen molar-refractivity contribution in [3.63, 3.8) is 0 Å². The number of halogens is 1. The number of benzene rings is 1. The summed E-state index contributed by atoms with van der Waals surface area (Å²) in [4.78, 5) is 13.5. The number of amides is 1. The molecule has 0 spiro atoms. The van der Waals surface area contributed by atoms with Gasteiger partial charge in [0.2, 0.25) is 0 Å². The van der Waals surface area contributed by atoms with Crippen molar-refractivity contribution in [3.8, 4) is 0 Å². The van der Waals surface area contributed by atoms with Gasteiger partial charge in [-0.25, -0.2) is 0 Å². The first-order chi connectivity index (χ1) is 8.60. The van der Waals surface area contributed by atoms with Crippen LogP contribution < -0.4 is 5.32 Å². The summed E-state index contributed by atoms with van der Waals surface area (Å²) in [7, 11) is 0. The molecular weight excluding hydrogens is 330 g/mol. The lowest BCUT2D eigenvalue weighted by Crippen LogP contribution is -2.11. The van der Waals surface area contributed by atoms with Gasteiger partial charge in [0.25, 0.3) is 5.91 Å². The van der Waals surface area contributed by atoms with Gasteiger partial charge in [-0.15, -0.1) is 24.0 Å². The molecule has 0 saturated heterocycles. The summed E-state index contributed by atoms with van der Waals surface area (Å²) in [6.45, 7) is 2.06. The van der Waals surface area contributed by atoms with Crippen molar-refractivity contribution in [2.45, 2.75) is 18.2 Å². The lowest BCUT2D eigenvalue weighted by Gasteiger charge is -2.09. The van der Waals surface area contributed by atoms with E-state index in [2.05, 4.69) is 40.8 Å². The van der Waals surface area contributed by atoms with Crippen LogP contribution in [0.2, 0.25) is 0 Å². The van der Waals surface area contributed by atoms with Crippen molar-refractivity contribution < 1.29 is 4.79 Å². The van der Waals surface area contributed by atoms with E-state index >= 15 is 0 Å². The largest absolute Gasteiger partial charge is 0.321 e. The standard InChI is InChI=1S/C13H12BrNOS2/c1-2-8-5-9(14)3-4-11(8)15-13(16)12-6-10(17)7-18-12/h3-7,17H,2H2,1H3,(H,15,16). The Morgan fingerprint density at radius 3 is 2.83 bits per heavy atom. The van der Waals surface area contributed by atoms with Gasteiger partial charge >= 0.3 is 0 Å². The number of anilines is 1. The predicted molar refractivity (Wildman–Crippen MR) is 83.0 cm³/mol. The molecule has 1 aromatic carbocycles. The summed E-state index contributed by atoms with van der Waals surface area (Å²) in [5.74, 6) is -0.0858. The van der Waals surface area contributed by atoms with Crippen LogP contribution in [-0.2, 0) is 6.42 Å². The molecule has 0 aliphatic carbocycles. The third-order valence-electron chi connectivity index (χ3n) is 2.51. The quantitative estimate of drug-likeness (QED) is 0.784. The Morgan fingerprint density at radius 2 is 2.22 bits per heavy atom. The van der Waals surface area contributed by atoms with Crippen LogP contribution in [0, 0.1) is 0 Å². The molecule has 0 aliphatic rings. The molecule has 0 unspecified atom stereocenters. The lowest BCUT2D eigenvalue weighted by atomic mass is 10.1. The molecule has 94 valence electrons. The molecule has 0 aliphatic heterocycles. The summed E-state index contributed by atoms with van der Waals surface area (Å²) >= 11 is 9.03. The van der Waals surface area contributed by atoms with Crippen LogP contribution in [0.5, 0.6) is 0 Å². The maximum atomic E-state index is 12.0. The molecule has 18 heavy (non-hydrogen) atoms. The molecule has 2 nitrogen and oxygen atoms in total. The van der Waals surface area contributed by atoms with Crippen molar-refractivity contribution in [1.29, 1.82) is 0 Å². The summed E-state index contributed by atoms with van der Waals surface area (Å²) in [6, 6.07) is 7.63. The second kappa shape index (κ2) is 5.91. The van der Waals surface area contributed by atoms with Crippen LogP contribution in [0.4, 0.5) is 5.69 Å². The smallest absolute Gasteiger partial charge is 0.265 e. The number of rotatable bonds is 3. The molecule has 2 rings (SSSR count). The van der Waals surface area contributed by atoms with Crippen LogP contribution in [-0.4, -0.2) is 5.91 Å². The highest BCUT2D eigenvalue weighted by atomic mass is 79.9. The van der Waals surface area contributed by atoms with E-state index in [1.807, 2.05) is 23.6 Å². The van der Waals surface area contributed by atoms with E-state index in [0.717, 1.165) is 27.0 Å². The zero-order valence-electron chi connectivity index (χ0n) is 9.74. The Bertz CT molecular complexity index is 580. The highest BCUT2D eigenvalue weighted by Gasteiger charge is 2.10. The van der Waals surface area contributed by atoms with E-state index < -0.39 is 0 Å². The number of thiol groups is 1. The summed E-state index contributed by atoms with van der Waals surface area (Å²) in [6.07, 6.45) is 0.872. The van der Waals surface area contributed by atoms with Crippen molar-refractivity contribution in [1.82, 2.24) is 0 Å². The number of aryl methyl sites for hydroxylation is 1. The molecule has 2 aromatic rings. The highest BCUT2D eigenvalue weighted by molar-refractivity contribution is 9.10. The van der Waals surface area contributed by atoms with Gasteiger partial charge in [0, 0.05) is 20.4 Å². The minimum absolute atomic E-state index is 0.0858. The zero-order valence-corrected chi connectivity index (χ0v) is 13.0. The molecule has 0 bridgehead atoms. The Hall–Kier alpha value is -0.780. The van der Waals surface area contributed by atoms with Gasteiger partial charge in [-0.2, -0.15) is 0 Å². The third-order valence-corrected chi connectivity index (χ3v) is 4.36. The fourth-order valence-corrected chi connectivity index (χ4v) is 3.06. The number of thiophene rings is 1. The maximum Gasteiger partial charge on any atom is 0.265 e. The molecule has 0 saturated carbocycles. The van der Waals surface area contributed by atoms with Gasteiger partial charge in [-0.05, 0) is 36.2 Å². The lowest BCUT2D eigenvalue weighted by molar-refractivity contribution is 0.103. The predicted octanol–water partition coefficient (Wildman–Crippen LogP) is 4.61. The Kier molecular flexibility index (Phi) is 4.48. The number of carbonyl (C=O) groups excluding carboxylic acids is 1. The van der Waals surface area contributed by atoms with E-state index in [1.165, 1.54) is 11.3 Å². The number of carbonyl (C=O) groups is 1. The number of nitrogens with one attached hydrogen (secondary N) is 1. The fraction of sp³-hybridized carbons (Fsp3) is 0.154. The van der Waals surface area contributed by atoms with Crippen molar-refractivity contribution in [2.24, 2.45) is 0 Å². The normalized spacial score (nSPS) is 10.4. The van der Waals surface area contributed by atoms with E-state index in [0.29, 0.717) is 4.88 Å². The van der Waals surface area contributed by atoms with Gasteiger partial charge in [-0.1, -0.05) is 22.9 Å². The van der Waals surface area contributed by atoms with Gasteiger partial charge < -0.3 is 5.32 Å². The number of hydrogen-bond donors (Lipinski definition) is 2. The molecule has 1 aromatic heterocycles. The topological polar surface area (TPSA) is 29.1 Å². The van der Waals surface area contributed by atoms with Crippen LogP contribution in [0.15, 0.2) is 39.0 Å². The highest BCUT2D eigenvalue weighted by Crippen LogP contribution is 2.24. The number of hydrogen-bond acceptors (Lipinski definition) is 3. The molecule has 0 fully saturated rings. The minimum atomic E-state index is -0.0858. The average molecular weight is 342 g/mol. The monoisotopic (exact) mass is 341 g/mol. The van der Waals surface area contributed by atoms with Crippen molar-refractivity contribution in [2.75, 3.05) is 5.32 Å². The maximum absolute atomic E-state index is 12.0. The first kappa shape index (κ1) is 13.6. The SMILES string of the molecule is CCc1cc(Br)ccc1NC(=O)c1cc(S)cs1. The average Bonchev–Trinajstić information content (AvgIpc) is 2.78. The van der Waals surface area contributed by atoms with E-state index in [1.54, 1.807) is 6.07 Å². The zero-order chi connectivity index (χ0) is 13.1. The summed E-state index contributed by atoms with van der Waals surface area (Å²) in [5, 5.41) is 4.78. The first-order valence-corrected chi connectivity index (χ1v) is 7.59. The first-order valence-electron chi connectivity index (χ1n) is 5.47. The van der Waals surface area contributed by atoms with Crippen molar-refractivity contribution >= 4 is 51.5 Å². The summed E-state index contributed by atoms with van der Waals surface area (Å²) < 4.78 is 1.02. The van der Waals surface area contributed by atoms with E-state index in [4.69, 9.17) is 0 Å². The Morgan fingerprint density at radius 1 is 1.44 bits per heavy atom. The fourth-order valence-electron chi connectivity index (χ4n) is 1.61. The molecule has 0 atom stereocenters. The molecule has 1 heterocycles. The van der Waals surface area contributed by atoms with Crippen LogP contribution >= 0.6 is 39.9 Å². The minimum Gasteiger partial charge on any atom is -0.321 e. The van der Waals surface area contributed by atoms with Crippen LogP contribution in [0.1, 0.15) is 22.2 Å². The molecule has 5 heteroatoms. The molecular formula is C13H12BrNOS2. The summed E-state index contributed by atoms with van der Waals surface area (Å²) in [5.41, 5.74) is 1.97. The van der Waals surface area contributed by atoms with Gasteiger partial charge in [0.15, 0.2) is 0 Å². The third kappa shape index (κ3) is 3.16. The van der Waals surface area contributed by atoms with Crippen LogP contribution in [0.25, 0.3) is 0 Å². The van der Waals surface area contributed by atoms with Crippen LogP contribution in [0.3, 0.4) is 0 Å². The Balaban J connectivity index is 2.21. The second-order valence-electron chi connectivity index (χ2n) is 3.78.